The van der Waals surface area contributed by atoms with Crippen LogP contribution in [0.3, 0.4) is 0 Å². The Hall–Kier alpha value is -3.94. The van der Waals surface area contributed by atoms with E-state index in [0.717, 1.165) is 41.1 Å². The number of rotatable bonds is 6. The molecule has 0 spiro atoms. The summed E-state index contributed by atoms with van der Waals surface area (Å²) < 4.78 is 20.6. The summed E-state index contributed by atoms with van der Waals surface area (Å²) in [6.45, 7) is 2.72. The Kier molecular flexibility index (Phi) is 6.83. The summed E-state index contributed by atoms with van der Waals surface area (Å²) in [5, 5.41) is 5.89. The third kappa shape index (κ3) is 5.65. The molecule has 1 aromatic heterocycles. The summed E-state index contributed by atoms with van der Waals surface area (Å²) in [6.07, 6.45) is 7.58. The topological polar surface area (TPSA) is 80.5 Å². The fourth-order valence-corrected chi connectivity index (χ4v) is 3.64. The van der Waals surface area contributed by atoms with Gasteiger partial charge in [0.05, 0.1) is 31.4 Å². The van der Waals surface area contributed by atoms with Crippen LogP contribution in [0.2, 0.25) is 0 Å². The molecule has 1 amide bonds. The van der Waals surface area contributed by atoms with E-state index in [9.17, 15) is 9.18 Å². The quantitative estimate of drug-likeness (QED) is 0.595. The largest absolute Gasteiger partial charge is 0.495 e. The molecule has 0 aliphatic carbocycles. The zero-order chi connectivity index (χ0) is 23.2. The van der Waals surface area contributed by atoms with Gasteiger partial charge >= 0.3 is 0 Å². The second kappa shape index (κ2) is 10.1. The number of hydrogen-bond donors (Lipinski definition) is 2. The van der Waals surface area contributed by atoms with Gasteiger partial charge in [0.1, 0.15) is 17.4 Å². The summed E-state index contributed by atoms with van der Waals surface area (Å²) in [6, 6.07) is 11.7. The van der Waals surface area contributed by atoms with Gasteiger partial charge in [-0.2, -0.15) is 0 Å². The van der Waals surface area contributed by atoms with Crippen molar-refractivity contribution in [2.75, 3.05) is 25.5 Å². The van der Waals surface area contributed by atoms with Crippen LogP contribution in [0.4, 0.5) is 10.1 Å². The molecule has 0 saturated carbocycles. The first-order chi connectivity index (χ1) is 16.0. The van der Waals surface area contributed by atoms with Crippen LogP contribution in [-0.4, -0.2) is 41.5 Å². The third-order valence-electron chi connectivity index (χ3n) is 5.26. The summed E-state index contributed by atoms with van der Waals surface area (Å²) >= 11 is 0. The molecule has 2 heterocycles. The number of halogens is 1. The molecule has 8 heteroatoms. The molecule has 0 atom stereocenters. The van der Waals surface area contributed by atoms with Crippen LogP contribution in [-0.2, 0) is 4.79 Å². The summed E-state index contributed by atoms with van der Waals surface area (Å²) in [4.78, 5) is 21.2. The minimum absolute atomic E-state index is 0.0653. The number of methoxy groups -OCH3 is 1. The lowest BCUT2D eigenvalue weighted by Gasteiger charge is -2.18. The van der Waals surface area contributed by atoms with Gasteiger partial charge in [-0.25, -0.2) is 9.37 Å². The predicted octanol–water partition coefficient (Wildman–Crippen LogP) is 4.13. The third-order valence-corrected chi connectivity index (χ3v) is 5.26. The van der Waals surface area contributed by atoms with Gasteiger partial charge in [-0.05, 0) is 73.4 Å². The number of aryl methyl sites for hydroxylation is 1. The Labute approximate surface area is 192 Å². The van der Waals surface area contributed by atoms with E-state index in [-0.39, 0.29) is 18.3 Å². The molecule has 4 rings (SSSR count). The minimum atomic E-state index is -0.345. The van der Waals surface area contributed by atoms with Crippen molar-refractivity contribution in [3.05, 3.63) is 77.6 Å². The van der Waals surface area contributed by atoms with Crippen molar-refractivity contribution in [1.29, 1.82) is 0 Å². The highest BCUT2D eigenvalue weighted by molar-refractivity contribution is 6.05. The van der Waals surface area contributed by atoms with Crippen LogP contribution in [0, 0.1) is 12.7 Å². The second-order valence-electron chi connectivity index (χ2n) is 7.77. The number of nitrogens with zero attached hydrogens (tertiary/aromatic N) is 3. The molecular weight excluding hydrogens is 421 g/mol. The summed E-state index contributed by atoms with van der Waals surface area (Å²) in [5.74, 6) is 0.879. The number of carbonyl (C=O) groups is 1. The van der Waals surface area contributed by atoms with Crippen molar-refractivity contribution in [3.63, 3.8) is 0 Å². The Morgan fingerprint density at radius 1 is 1.24 bits per heavy atom. The number of amides is 1. The van der Waals surface area contributed by atoms with Gasteiger partial charge < -0.3 is 19.9 Å². The van der Waals surface area contributed by atoms with Crippen LogP contribution in [0.25, 0.3) is 11.8 Å². The lowest BCUT2D eigenvalue weighted by Crippen LogP contribution is -2.35. The van der Waals surface area contributed by atoms with E-state index in [4.69, 9.17) is 4.74 Å². The standard InChI is InChI=1S/C25H26FN5O2/c1-17-15-31(16-29-17)22-10-5-18(13-23(22)33-2)12-19-4-3-11-27-25(19)28-14-24(32)30-21-8-6-20(26)7-9-21/h5-10,12-13,15-16H,3-4,11,14H2,1-2H3,(H,27,28)(H,30,32)/b19-12+. The highest BCUT2D eigenvalue weighted by atomic mass is 19.1. The second-order valence-corrected chi connectivity index (χ2v) is 7.77. The van der Waals surface area contributed by atoms with Gasteiger partial charge in [0.15, 0.2) is 0 Å². The highest BCUT2D eigenvalue weighted by Gasteiger charge is 2.14. The number of benzene rings is 2. The molecule has 1 aliphatic heterocycles. The van der Waals surface area contributed by atoms with Gasteiger partial charge in [-0.15, -0.1) is 0 Å². The van der Waals surface area contributed by atoms with E-state index in [1.54, 1.807) is 13.4 Å². The van der Waals surface area contributed by atoms with Crippen LogP contribution in [0.1, 0.15) is 24.1 Å². The maximum Gasteiger partial charge on any atom is 0.243 e. The Morgan fingerprint density at radius 3 is 2.79 bits per heavy atom. The minimum Gasteiger partial charge on any atom is -0.495 e. The van der Waals surface area contributed by atoms with Crippen LogP contribution >= 0.6 is 0 Å². The number of aromatic nitrogens is 2. The first kappa shape index (κ1) is 22.3. The first-order valence-electron chi connectivity index (χ1n) is 10.8. The number of ether oxygens (including phenoxy) is 1. The van der Waals surface area contributed by atoms with Crippen molar-refractivity contribution >= 4 is 23.5 Å². The fourth-order valence-electron chi connectivity index (χ4n) is 3.64. The van der Waals surface area contributed by atoms with E-state index in [2.05, 4.69) is 26.7 Å². The Bertz CT molecular complexity index is 1200. The van der Waals surface area contributed by atoms with Crippen LogP contribution in [0.5, 0.6) is 5.75 Å². The number of imidazole rings is 1. The van der Waals surface area contributed by atoms with E-state index in [1.165, 1.54) is 24.3 Å². The molecule has 3 aromatic rings. The van der Waals surface area contributed by atoms with Crippen LogP contribution < -0.4 is 15.4 Å². The van der Waals surface area contributed by atoms with Gasteiger partial charge in [0, 0.05) is 18.4 Å². The first-order valence-corrected chi connectivity index (χ1v) is 10.8. The zero-order valence-electron chi connectivity index (χ0n) is 18.6. The molecule has 2 N–H and O–H groups in total. The molecular formula is C25H26FN5O2. The maximum atomic E-state index is 13.0. The Morgan fingerprint density at radius 2 is 2.06 bits per heavy atom. The zero-order valence-corrected chi connectivity index (χ0v) is 18.6. The van der Waals surface area contributed by atoms with Gasteiger partial charge in [-0.1, -0.05) is 6.07 Å². The lowest BCUT2D eigenvalue weighted by molar-refractivity contribution is -0.115. The molecule has 0 saturated heterocycles. The van der Waals surface area contributed by atoms with Crippen LogP contribution in [0.15, 0.2) is 65.6 Å². The van der Waals surface area contributed by atoms with E-state index in [1.807, 2.05) is 35.9 Å². The SMILES string of the molecule is COc1cc(/C=C2\CCCN=C2NCC(=O)Nc2ccc(F)cc2)ccc1-n1cnc(C)c1. The lowest BCUT2D eigenvalue weighted by atomic mass is 10.0. The molecule has 0 fully saturated rings. The molecule has 170 valence electrons. The van der Waals surface area contributed by atoms with Crippen molar-refractivity contribution in [2.24, 2.45) is 4.99 Å². The van der Waals surface area contributed by atoms with Gasteiger partial charge in [0.2, 0.25) is 5.91 Å². The molecule has 0 bridgehead atoms. The van der Waals surface area contributed by atoms with E-state index < -0.39 is 0 Å². The van der Waals surface area contributed by atoms with Gasteiger partial charge in [-0.3, -0.25) is 9.79 Å². The molecule has 1 aliphatic rings. The maximum absolute atomic E-state index is 13.0. The molecule has 0 unspecified atom stereocenters. The summed E-state index contributed by atoms with van der Waals surface area (Å²) in [7, 11) is 1.65. The number of aliphatic imine (C=N–C) groups is 1. The Balaban J connectivity index is 1.46. The number of anilines is 1. The number of carbonyl (C=O) groups excluding carboxylic acids is 1. The van der Waals surface area contributed by atoms with Gasteiger partial charge in [0.25, 0.3) is 0 Å². The summed E-state index contributed by atoms with van der Waals surface area (Å²) in [5.41, 5.74) is 4.40. The average Bonchev–Trinajstić information content (AvgIpc) is 3.26. The average molecular weight is 448 g/mol. The smallest absolute Gasteiger partial charge is 0.243 e. The monoisotopic (exact) mass is 447 g/mol. The molecule has 2 aromatic carbocycles. The van der Waals surface area contributed by atoms with Crippen molar-refractivity contribution in [3.8, 4) is 11.4 Å². The molecule has 7 nitrogen and oxygen atoms in total. The predicted molar refractivity (Wildman–Crippen MR) is 127 cm³/mol. The molecule has 33 heavy (non-hydrogen) atoms. The number of hydrogen-bond acceptors (Lipinski definition) is 5. The normalized spacial score (nSPS) is 14.6. The van der Waals surface area contributed by atoms with Crippen molar-refractivity contribution in [2.45, 2.75) is 19.8 Å². The molecule has 0 radical (unpaired) electrons. The number of nitrogens with one attached hydrogen (secondary N) is 2. The van der Waals surface area contributed by atoms with Crippen molar-refractivity contribution in [1.82, 2.24) is 14.9 Å². The highest BCUT2D eigenvalue weighted by Crippen LogP contribution is 2.26. The number of amidine groups is 1. The van der Waals surface area contributed by atoms with E-state index in [0.29, 0.717) is 18.1 Å². The van der Waals surface area contributed by atoms with E-state index >= 15 is 0 Å². The fraction of sp³-hybridized carbons (Fsp3) is 0.240. The van der Waals surface area contributed by atoms with Crippen molar-refractivity contribution < 1.29 is 13.9 Å².